The Kier molecular flexibility index (Phi) is 2.36. The van der Waals surface area contributed by atoms with Gasteiger partial charge in [-0.15, -0.1) is 0 Å². The Bertz CT molecular complexity index is 964. The minimum absolute atomic E-state index is 0.115. The number of hydrogen-bond acceptors (Lipinski definition) is 3. The number of carbonyl (C=O) groups excluding carboxylic acids is 2. The molecule has 102 valence electrons. The van der Waals surface area contributed by atoms with Crippen LogP contribution >= 0.6 is 0 Å². The van der Waals surface area contributed by atoms with Gasteiger partial charge < -0.3 is 0 Å². The van der Waals surface area contributed by atoms with Gasteiger partial charge in [-0.1, -0.05) is 12.1 Å². The van der Waals surface area contributed by atoms with Gasteiger partial charge in [0.25, 0.3) is 0 Å². The first-order valence-electron chi connectivity index (χ1n) is 6.79. The second-order valence-corrected chi connectivity index (χ2v) is 5.34. The van der Waals surface area contributed by atoms with Crippen LogP contribution in [0.2, 0.25) is 0 Å². The molecule has 4 heteroatoms. The molecule has 3 aromatic rings. The smallest absolute Gasteiger partial charge is 0.243 e. The first kappa shape index (κ1) is 12.0. The molecule has 0 amide bonds. The first-order chi connectivity index (χ1) is 10.1. The van der Waals surface area contributed by atoms with Gasteiger partial charge in [-0.05, 0) is 46.2 Å². The van der Waals surface area contributed by atoms with Crippen molar-refractivity contribution in [3.05, 3.63) is 47.7 Å². The standard InChI is InChI=1S/C17H12N2O2/c1-10(20)19-9-16-15-8-13-7-14(21)4-2-11(13)6-12(15)3-5-17(16)18-19/h2-6,8-9H,7H2,1H3. The molecule has 0 spiro atoms. The Balaban J connectivity index is 2.06. The van der Waals surface area contributed by atoms with Gasteiger partial charge in [0.05, 0.1) is 5.52 Å². The number of aromatic nitrogens is 2. The molecule has 21 heavy (non-hydrogen) atoms. The third-order valence-electron chi connectivity index (χ3n) is 3.90. The van der Waals surface area contributed by atoms with Crippen molar-refractivity contribution >= 4 is 39.4 Å². The fourth-order valence-electron chi connectivity index (χ4n) is 2.84. The summed E-state index contributed by atoms with van der Waals surface area (Å²) in [6.07, 6.45) is 5.68. The number of rotatable bonds is 0. The molecule has 0 N–H and O–H groups in total. The highest BCUT2D eigenvalue weighted by Crippen LogP contribution is 2.29. The molecule has 1 heterocycles. The largest absolute Gasteiger partial charge is 0.294 e. The average Bonchev–Trinajstić information content (AvgIpc) is 2.90. The van der Waals surface area contributed by atoms with Gasteiger partial charge in [0.15, 0.2) is 5.78 Å². The van der Waals surface area contributed by atoms with E-state index in [2.05, 4.69) is 11.2 Å². The van der Waals surface area contributed by atoms with Crippen molar-refractivity contribution in [2.24, 2.45) is 0 Å². The Hall–Kier alpha value is -2.75. The highest BCUT2D eigenvalue weighted by Gasteiger charge is 2.14. The van der Waals surface area contributed by atoms with Gasteiger partial charge in [-0.2, -0.15) is 5.10 Å². The van der Waals surface area contributed by atoms with E-state index in [1.165, 1.54) is 11.6 Å². The van der Waals surface area contributed by atoms with Crippen molar-refractivity contribution < 1.29 is 9.59 Å². The zero-order valence-corrected chi connectivity index (χ0v) is 11.5. The van der Waals surface area contributed by atoms with Crippen LogP contribution in [0.15, 0.2) is 36.5 Å². The van der Waals surface area contributed by atoms with Crippen LogP contribution in [0.25, 0.3) is 27.8 Å². The number of ketones is 1. The normalized spacial score (nSPS) is 13.9. The first-order valence-corrected chi connectivity index (χ1v) is 6.79. The minimum atomic E-state index is -0.115. The van der Waals surface area contributed by atoms with E-state index >= 15 is 0 Å². The molecule has 1 aliphatic carbocycles. The highest BCUT2D eigenvalue weighted by molar-refractivity contribution is 6.09. The molecule has 0 aliphatic heterocycles. The summed E-state index contributed by atoms with van der Waals surface area (Å²) in [6, 6.07) is 8.04. The summed E-state index contributed by atoms with van der Waals surface area (Å²) >= 11 is 0. The maximum absolute atomic E-state index is 11.6. The predicted molar refractivity (Wildman–Crippen MR) is 81.3 cm³/mol. The highest BCUT2D eigenvalue weighted by atomic mass is 16.2. The summed E-state index contributed by atoms with van der Waals surface area (Å²) in [5.41, 5.74) is 2.90. The lowest BCUT2D eigenvalue weighted by molar-refractivity contribution is -0.114. The molecule has 4 rings (SSSR count). The second-order valence-electron chi connectivity index (χ2n) is 5.34. The molecule has 0 atom stereocenters. The molecule has 0 unspecified atom stereocenters. The van der Waals surface area contributed by atoms with Gasteiger partial charge in [-0.25, -0.2) is 4.68 Å². The van der Waals surface area contributed by atoms with Gasteiger partial charge in [0.1, 0.15) is 0 Å². The van der Waals surface area contributed by atoms with E-state index in [1.54, 1.807) is 12.3 Å². The van der Waals surface area contributed by atoms with E-state index < -0.39 is 0 Å². The number of nitrogens with zero attached hydrogens (tertiary/aromatic N) is 2. The van der Waals surface area contributed by atoms with Crippen LogP contribution < -0.4 is 0 Å². The monoisotopic (exact) mass is 276 g/mol. The lowest BCUT2D eigenvalue weighted by atomic mass is 9.92. The van der Waals surface area contributed by atoms with Gasteiger partial charge in [0.2, 0.25) is 5.91 Å². The molecule has 0 fully saturated rings. The van der Waals surface area contributed by atoms with Crippen molar-refractivity contribution in [1.82, 2.24) is 9.78 Å². The van der Waals surface area contributed by atoms with Crippen molar-refractivity contribution in [3.63, 3.8) is 0 Å². The Morgan fingerprint density at radius 1 is 1.19 bits per heavy atom. The molecule has 0 saturated carbocycles. The molecule has 2 aromatic carbocycles. The van der Waals surface area contributed by atoms with E-state index in [4.69, 9.17) is 0 Å². The summed E-state index contributed by atoms with van der Waals surface area (Å²) in [5, 5.41) is 7.33. The quantitative estimate of drug-likeness (QED) is 0.634. The summed E-state index contributed by atoms with van der Waals surface area (Å²) < 4.78 is 1.36. The van der Waals surface area contributed by atoms with Crippen LogP contribution in [-0.2, 0) is 11.2 Å². The Morgan fingerprint density at radius 3 is 2.86 bits per heavy atom. The molecular formula is C17H12N2O2. The van der Waals surface area contributed by atoms with Crippen molar-refractivity contribution in [2.45, 2.75) is 13.3 Å². The summed E-state index contributed by atoms with van der Waals surface area (Å²) in [4.78, 5) is 23.0. The molecule has 0 bridgehead atoms. The molecule has 1 aliphatic rings. The average molecular weight is 276 g/mol. The van der Waals surface area contributed by atoms with Crippen LogP contribution in [-0.4, -0.2) is 21.5 Å². The third kappa shape index (κ3) is 1.80. The fourth-order valence-corrected chi connectivity index (χ4v) is 2.84. The maximum Gasteiger partial charge on any atom is 0.243 e. The van der Waals surface area contributed by atoms with Crippen molar-refractivity contribution in [2.75, 3.05) is 0 Å². The van der Waals surface area contributed by atoms with Crippen molar-refractivity contribution in [1.29, 1.82) is 0 Å². The third-order valence-corrected chi connectivity index (χ3v) is 3.90. The number of allylic oxidation sites excluding steroid dienone is 1. The van der Waals surface area contributed by atoms with Crippen molar-refractivity contribution in [3.8, 4) is 0 Å². The molecule has 0 radical (unpaired) electrons. The minimum Gasteiger partial charge on any atom is -0.294 e. The van der Waals surface area contributed by atoms with Gasteiger partial charge >= 0.3 is 0 Å². The van der Waals surface area contributed by atoms with Gasteiger partial charge in [0, 0.05) is 24.9 Å². The zero-order chi connectivity index (χ0) is 14.6. The van der Waals surface area contributed by atoms with E-state index in [-0.39, 0.29) is 11.7 Å². The Morgan fingerprint density at radius 2 is 2.05 bits per heavy atom. The molecule has 4 nitrogen and oxygen atoms in total. The van der Waals surface area contributed by atoms with E-state index in [0.717, 1.165) is 32.8 Å². The van der Waals surface area contributed by atoms with Crippen LogP contribution in [0, 0.1) is 0 Å². The summed E-state index contributed by atoms with van der Waals surface area (Å²) in [6.45, 7) is 1.49. The lowest BCUT2D eigenvalue weighted by Crippen LogP contribution is -2.05. The lowest BCUT2D eigenvalue weighted by Gasteiger charge is -2.11. The van der Waals surface area contributed by atoms with Crippen LogP contribution in [0.3, 0.4) is 0 Å². The number of hydrogen-bond donors (Lipinski definition) is 0. The molecule has 1 aromatic heterocycles. The van der Waals surface area contributed by atoms with E-state index in [1.807, 2.05) is 24.3 Å². The second kappa shape index (κ2) is 4.12. The maximum atomic E-state index is 11.6. The Labute approximate surface area is 120 Å². The summed E-state index contributed by atoms with van der Waals surface area (Å²) in [5.74, 6) is 0.00359. The fraction of sp³-hybridized carbons (Fsp3) is 0.118. The van der Waals surface area contributed by atoms with E-state index in [0.29, 0.717) is 6.42 Å². The predicted octanol–water partition coefficient (Wildman–Crippen LogP) is 2.99. The topological polar surface area (TPSA) is 52.0 Å². The summed E-state index contributed by atoms with van der Waals surface area (Å²) in [7, 11) is 0. The van der Waals surface area contributed by atoms with Gasteiger partial charge in [-0.3, -0.25) is 9.59 Å². The molecular weight excluding hydrogens is 264 g/mol. The van der Waals surface area contributed by atoms with Crippen LogP contribution in [0.1, 0.15) is 22.8 Å². The van der Waals surface area contributed by atoms with Crippen LogP contribution in [0.4, 0.5) is 0 Å². The zero-order valence-electron chi connectivity index (χ0n) is 11.5. The molecule has 0 saturated heterocycles. The number of carbonyl (C=O) groups is 2. The van der Waals surface area contributed by atoms with Crippen LogP contribution in [0.5, 0.6) is 0 Å². The number of fused-ring (bicyclic) bond motifs is 4. The number of benzene rings is 2. The van der Waals surface area contributed by atoms with E-state index in [9.17, 15) is 9.59 Å². The SMILES string of the molecule is CC(=O)n1cc2c(ccc3cc4c(cc32)CC(=O)C=C4)n1.